The Bertz CT molecular complexity index is 526. The summed E-state index contributed by atoms with van der Waals surface area (Å²) >= 11 is 0. The van der Waals surface area contributed by atoms with Gasteiger partial charge in [0.2, 0.25) is 11.7 Å². The number of amides is 1. The van der Waals surface area contributed by atoms with Gasteiger partial charge < -0.3 is 0 Å². The minimum absolute atomic E-state index is 0.184. The van der Waals surface area contributed by atoms with E-state index in [1.807, 2.05) is 0 Å². The topological polar surface area (TPSA) is 55.2 Å². The molecular formula is C13H17N3O2. The minimum Gasteiger partial charge on any atom is -0.299 e. The summed E-state index contributed by atoms with van der Waals surface area (Å²) in [7, 11) is 1.58. The number of imidazole rings is 1. The van der Waals surface area contributed by atoms with Crippen LogP contribution in [0.3, 0.4) is 0 Å². The maximum atomic E-state index is 12.1. The average Bonchev–Trinajstić information content (AvgIpc) is 2.72. The summed E-state index contributed by atoms with van der Waals surface area (Å²) in [5.74, 6) is -0.0498. The van der Waals surface area contributed by atoms with Crippen LogP contribution in [0.2, 0.25) is 0 Å². The third-order valence-electron chi connectivity index (χ3n) is 2.50. The fourth-order valence-corrected chi connectivity index (χ4v) is 1.48. The number of allylic oxidation sites excluding steroid dienone is 3. The van der Waals surface area contributed by atoms with E-state index >= 15 is 0 Å². The maximum Gasteiger partial charge on any atom is 0.224 e. The van der Waals surface area contributed by atoms with E-state index < -0.39 is 0 Å². The summed E-state index contributed by atoms with van der Waals surface area (Å²) in [5, 5.41) is 0. The van der Waals surface area contributed by atoms with Gasteiger partial charge in [-0.3, -0.25) is 19.1 Å². The van der Waals surface area contributed by atoms with Gasteiger partial charge in [0, 0.05) is 19.7 Å². The van der Waals surface area contributed by atoms with Crippen LogP contribution in [0, 0.1) is 0 Å². The van der Waals surface area contributed by atoms with Gasteiger partial charge in [-0.25, -0.2) is 4.98 Å². The largest absolute Gasteiger partial charge is 0.299 e. The van der Waals surface area contributed by atoms with Gasteiger partial charge in [-0.1, -0.05) is 12.7 Å². The predicted octanol–water partition coefficient (Wildman–Crippen LogP) is 2.12. The van der Waals surface area contributed by atoms with Crippen LogP contribution >= 0.6 is 0 Å². The number of rotatable bonds is 4. The molecule has 1 aromatic heterocycles. The fourth-order valence-electron chi connectivity index (χ4n) is 1.48. The standard InChI is InChI=1S/C13H17N3O2/c1-6-7-11(18)12-13(15(5)10(4)17)14-8-16(12)9(2)3/h6-8H,2H2,1,3-5H3/b7-6+. The van der Waals surface area contributed by atoms with Crippen molar-refractivity contribution in [1.82, 2.24) is 9.55 Å². The predicted molar refractivity (Wildman–Crippen MR) is 71.5 cm³/mol. The molecule has 0 saturated heterocycles. The van der Waals surface area contributed by atoms with Crippen molar-refractivity contribution in [2.24, 2.45) is 0 Å². The Kier molecular flexibility index (Phi) is 4.20. The Morgan fingerprint density at radius 2 is 2.06 bits per heavy atom. The molecule has 96 valence electrons. The molecular weight excluding hydrogens is 230 g/mol. The second-order valence-electron chi connectivity index (χ2n) is 3.96. The van der Waals surface area contributed by atoms with Crippen LogP contribution in [-0.4, -0.2) is 28.3 Å². The van der Waals surface area contributed by atoms with E-state index in [2.05, 4.69) is 11.6 Å². The number of hydrogen-bond donors (Lipinski definition) is 0. The SMILES string of the molecule is C=C(C)n1cnc(N(C)C(C)=O)c1C(=O)/C=C/C. The molecule has 0 N–H and O–H groups in total. The van der Waals surface area contributed by atoms with E-state index in [9.17, 15) is 9.59 Å². The Morgan fingerprint density at radius 3 is 2.50 bits per heavy atom. The molecule has 1 heterocycles. The second-order valence-corrected chi connectivity index (χ2v) is 3.96. The Morgan fingerprint density at radius 1 is 1.44 bits per heavy atom. The van der Waals surface area contributed by atoms with Crippen molar-refractivity contribution >= 4 is 23.2 Å². The Labute approximate surface area is 106 Å². The molecule has 5 nitrogen and oxygen atoms in total. The van der Waals surface area contributed by atoms with E-state index in [4.69, 9.17) is 0 Å². The van der Waals surface area contributed by atoms with E-state index in [1.54, 1.807) is 31.5 Å². The van der Waals surface area contributed by atoms with Crippen LogP contribution in [-0.2, 0) is 4.79 Å². The monoisotopic (exact) mass is 247 g/mol. The van der Waals surface area contributed by atoms with E-state index in [0.29, 0.717) is 17.2 Å². The zero-order valence-electron chi connectivity index (χ0n) is 11.1. The summed E-state index contributed by atoms with van der Waals surface area (Å²) in [4.78, 5) is 28.9. The molecule has 0 aliphatic rings. The van der Waals surface area contributed by atoms with Gasteiger partial charge in [0.05, 0.1) is 0 Å². The van der Waals surface area contributed by atoms with Crippen molar-refractivity contribution in [3.8, 4) is 0 Å². The summed E-state index contributed by atoms with van der Waals surface area (Å²) in [6, 6.07) is 0. The van der Waals surface area contributed by atoms with Crippen LogP contribution in [0.5, 0.6) is 0 Å². The van der Waals surface area contributed by atoms with Crippen molar-refractivity contribution in [2.75, 3.05) is 11.9 Å². The van der Waals surface area contributed by atoms with Gasteiger partial charge in [-0.2, -0.15) is 0 Å². The number of carbonyl (C=O) groups is 2. The molecule has 0 atom stereocenters. The van der Waals surface area contributed by atoms with E-state index in [-0.39, 0.29) is 11.7 Å². The molecule has 1 amide bonds. The maximum absolute atomic E-state index is 12.1. The first-order chi connectivity index (χ1) is 8.40. The van der Waals surface area contributed by atoms with Crippen molar-refractivity contribution in [3.63, 3.8) is 0 Å². The lowest BCUT2D eigenvalue weighted by atomic mass is 10.2. The highest BCUT2D eigenvalue weighted by atomic mass is 16.2. The molecule has 0 bridgehead atoms. The molecule has 1 aromatic rings. The first-order valence-corrected chi connectivity index (χ1v) is 5.54. The normalized spacial score (nSPS) is 10.7. The van der Waals surface area contributed by atoms with Crippen LogP contribution in [0.4, 0.5) is 5.82 Å². The van der Waals surface area contributed by atoms with Gasteiger partial charge in [-0.05, 0) is 19.9 Å². The number of carbonyl (C=O) groups excluding carboxylic acids is 2. The Balaban J connectivity index is 3.41. The van der Waals surface area contributed by atoms with E-state index in [0.717, 1.165) is 0 Å². The quantitative estimate of drug-likeness (QED) is 0.605. The highest BCUT2D eigenvalue weighted by molar-refractivity contribution is 6.09. The van der Waals surface area contributed by atoms with E-state index in [1.165, 1.54) is 24.2 Å². The molecule has 0 saturated carbocycles. The smallest absolute Gasteiger partial charge is 0.224 e. The number of hydrogen-bond acceptors (Lipinski definition) is 3. The fraction of sp³-hybridized carbons (Fsp3) is 0.308. The van der Waals surface area contributed by atoms with Gasteiger partial charge >= 0.3 is 0 Å². The number of nitrogens with zero attached hydrogens (tertiary/aromatic N) is 3. The molecule has 0 aliphatic heterocycles. The second kappa shape index (κ2) is 5.44. The molecule has 0 unspecified atom stereocenters. The van der Waals surface area contributed by atoms with Gasteiger partial charge in [-0.15, -0.1) is 0 Å². The highest BCUT2D eigenvalue weighted by Crippen LogP contribution is 2.21. The molecule has 0 spiro atoms. The van der Waals surface area contributed by atoms with Gasteiger partial charge in [0.25, 0.3) is 0 Å². The summed E-state index contributed by atoms with van der Waals surface area (Å²) in [6.07, 6.45) is 4.58. The number of aromatic nitrogens is 2. The molecule has 18 heavy (non-hydrogen) atoms. The van der Waals surface area contributed by atoms with Crippen molar-refractivity contribution in [3.05, 3.63) is 30.8 Å². The van der Waals surface area contributed by atoms with Crippen molar-refractivity contribution in [2.45, 2.75) is 20.8 Å². The highest BCUT2D eigenvalue weighted by Gasteiger charge is 2.21. The molecule has 0 fully saturated rings. The lowest BCUT2D eigenvalue weighted by Crippen LogP contribution is -2.25. The zero-order chi connectivity index (χ0) is 13.9. The molecule has 1 rings (SSSR count). The third kappa shape index (κ3) is 2.56. The lowest BCUT2D eigenvalue weighted by Gasteiger charge is -2.14. The molecule has 0 aliphatic carbocycles. The first-order valence-electron chi connectivity index (χ1n) is 5.54. The van der Waals surface area contributed by atoms with Crippen LogP contribution in [0.25, 0.3) is 5.70 Å². The molecule has 0 radical (unpaired) electrons. The summed E-state index contributed by atoms with van der Waals surface area (Å²) in [6.45, 7) is 8.74. The first kappa shape index (κ1) is 13.9. The third-order valence-corrected chi connectivity index (χ3v) is 2.50. The van der Waals surface area contributed by atoms with Crippen molar-refractivity contribution in [1.29, 1.82) is 0 Å². The average molecular weight is 247 g/mol. The van der Waals surface area contributed by atoms with Crippen LogP contribution in [0.15, 0.2) is 25.1 Å². The molecule has 5 heteroatoms. The minimum atomic E-state index is -0.207. The van der Waals surface area contributed by atoms with Crippen molar-refractivity contribution < 1.29 is 9.59 Å². The van der Waals surface area contributed by atoms with Crippen LogP contribution < -0.4 is 4.90 Å². The number of ketones is 1. The lowest BCUT2D eigenvalue weighted by molar-refractivity contribution is -0.116. The zero-order valence-corrected chi connectivity index (χ0v) is 11.1. The van der Waals surface area contributed by atoms with Gasteiger partial charge in [0.15, 0.2) is 5.82 Å². The summed E-state index contributed by atoms with van der Waals surface area (Å²) in [5.41, 5.74) is 1.01. The number of anilines is 1. The van der Waals surface area contributed by atoms with Gasteiger partial charge in [0.1, 0.15) is 12.0 Å². The Hall–Kier alpha value is -2.17. The van der Waals surface area contributed by atoms with Crippen LogP contribution in [0.1, 0.15) is 31.3 Å². The summed E-state index contributed by atoms with van der Waals surface area (Å²) < 4.78 is 1.58. The molecule has 0 aromatic carbocycles.